The molecule has 0 amide bonds. The number of hydrogen-bond acceptors (Lipinski definition) is 2. The molecule has 13 heavy (non-hydrogen) atoms. The molecule has 0 unspecified atom stereocenters. The Balaban J connectivity index is 3.41. The Morgan fingerprint density at radius 1 is 1.31 bits per heavy atom. The molecule has 0 aliphatic carbocycles. The SMILES string of the molecule is Cc1c(O)cc(C(C)C)c(O)c1I. The first-order valence-electron chi connectivity index (χ1n) is 4.16. The Labute approximate surface area is 91.7 Å². The van der Waals surface area contributed by atoms with Crippen molar-refractivity contribution in [3.63, 3.8) is 0 Å². The minimum absolute atomic E-state index is 0.222. The molecule has 0 aromatic heterocycles. The van der Waals surface area contributed by atoms with Gasteiger partial charge in [0.25, 0.3) is 0 Å². The van der Waals surface area contributed by atoms with E-state index in [2.05, 4.69) is 0 Å². The van der Waals surface area contributed by atoms with Gasteiger partial charge in [-0.3, -0.25) is 0 Å². The number of rotatable bonds is 1. The van der Waals surface area contributed by atoms with Gasteiger partial charge in [0, 0.05) is 11.1 Å². The normalized spacial score (nSPS) is 10.8. The van der Waals surface area contributed by atoms with Gasteiger partial charge in [-0.1, -0.05) is 13.8 Å². The molecule has 1 rings (SSSR count). The van der Waals surface area contributed by atoms with Crippen LogP contribution < -0.4 is 0 Å². The van der Waals surface area contributed by atoms with Crippen molar-refractivity contribution >= 4 is 22.6 Å². The monoisotopic (exact) mass is 292 g/mol. The summed E-state index contributed by atoms with van der Waals surface area (Å²) in [6, 6.07) is 1.64. The predicted octanol–water partition coefficient (Wildman–Crippen LogP) is 3.13. The van der Waals surface area contributed by atoms with Gasteiger partial charge in [0.2, 0.25) is 0 Å². The Kier molecular flexibility index (Phi) is 3.05. The second kappa shape index (κ2) is 3.74. The maximum atomic E-state index is 9.75. The fourth-order valence-electron chi connectivity index (χ4n) is 1.18. The van der Waals surface area contributed by atoms with Gasteiger partial charge in [-0.2, -0.15) is 0 Å². The van der Waals surface area contributed by atoms with Crippen LogP contribution in [0.2, 0.25) is 0 Å². The number of benzene rings is 1. The van der Waals surface area contributed by atoms with Crippen molar-refractivity contribution in [1.82, 2.24) is 0 Å². The summed E-state index contributed by atoms with van der Waals surface area (Å²) in [6.07, 6.45) is 0. The topological polar surface area (TPSA) is 40.5 Å². The number of phenolic OH excluding ortho intramolecular Hbond substituents is 2. The van der Waals surface area contributed by atoms with E-state index in [1.54, 1.807) is 13.0 Å². The molecule has 2 N–H and O–H groups in total. The van der Waals surface area contributed by atoms with E-state index in [1.807, 2.05) is 36.4 Å². The highest BCUT2D eigenvalue weighted by Crippen LogP contribution is 2.36. The Morgan fingerprint density at radius 2 is 1.85 bits per heavy atom. The first-order valence-corrected chi connectivity index (χ1v) is 5.24. The van der Waals surface area contributed by atoms with E-state index in [0.717, 1.165) is 14.7 Å². The summed E-state index contributed by atoms with van der Waals surface area (Å²) in [5.74, 6) is 0.775. The zero-order valence-corrected chi connectivity index (χ0v) is 10.1. The second-order valence-corrected chi connectivity index (χ2v) is 4.51. The highest BCUT2D eigenvalue weighted by molar-refractivity contribution is 14.1. The van der Waals surface area contributed by atoms with Crippen molar-refractivity contribution < 1.29 is 10.2 Å². The fraction of sp³-hybridized carbons (Fsp3) is 0.400. The summed E-state index contributed by atoms with van der Waals surface area (Å²) in [5.41, 5.74) is 1.54. The van der Waals surface area contributed by atoms with Gasteiger partial charge in [-0.15, -0.1) is 0 Å². The van der Waals surface area contributed by atoms with Crippen LogP contribution in [0.5, 0.6) is 11.5 Å². The van der Waals surface area contributed by atoms with Crippen LogP contribution in [0.25, 0.3) is 0 Å². The molecule has 0 aliphatic heterocycles. The lowest BCUT2D eigenvalue weighted by atomic mass is 10.00. The molecule has 0 fully saturated rings. The molecule has 0 spiro atoms. The largest absolute Gasteiger partial charge is 0.508 e. The lowest BCUT2D eigenvalue weighted by Gasteiger charge is -2.12. The molecule has 2 nitrogen and oxygen atoms in total. The van der Waals surface area contributed by atoms with Crippen LogP contribution in [0.3, 0.4) is 0 Å². The zero-order chi connectivity index (χ0) is 10.2. The van der Waals surface area contributed by atoms with E-state index >= 15 is 0 Å². The Bertz CT molecular complexity index is 332. The van der Waals surface area contributed by atoms with E-state index < -0.39 is 0 Å². The van der Waals surface area contributed by atoms with Crippen LogP contribution in [0, 0.1) is 10.5 Å². The van der Waals surface area contributed by atoms with Gasteiger partial charge >= 0.3 is 0 Å². The lowest BCUT2D eigenvalue weighted by Crippen LogP contribution is -1.93. The smallest absolute Gasteiger partial charge is 0.132 e. The van der Waals surface area contributed by atoms with Crippen LogP contribution in [0.15, 0.2) is 6.07 Å². The molecule has 72 valence electrons. The van der Waals surface area contributed by atoms with Crippen LogP contribution in [0.4, 0.5) is 0 Å². The number of phenols is 2. The lowest BCUT2D eigenvalue weighted by molar-refractivity contribution is 0.444. The first-order chi connectivity index (χ1) is 5.95. The highest BCUT2D eigenvalue weighted by Gasteiger charge is 2.14. The second-order valence-electron chi connectivity index (χ2n) is 3.43. The van der Waals surface area contributed by atoms with Crippen molar-refractivity contribution in [3.8, 4) is 11.5 Å². The van der Waals surface area contributed by atoms with Gasteiger partial charge in [0.1, 0.15) is 11.5 Å². The molecular formula is C10H13IO2. The molecule has 3 heteroatoms. The number of halogens is 1. The average molecular weight is 292 g/mol. The zero-order valence-electron chi connectivity index (χ0n) is 7.93. The summed E-state index contributed by atoms with van der Waals surface area (Å²) in [5, 5.41) is 19.3. The fourth-order valence-corrected chi connectivity index (χ4v) is 1.77. The third-order valence-corrected chi connectivity index (χ3v) is 3.43. The molecule has 0 aliphatic rings. The van der Waals surface area contributed by atoms with Gasteiger partial charge in [0.05, 0.1) is 3.57 Å². The molecule has 0 atom stereocenters. The van der Waals surface area contributed by atoms with Gasteiger partial charge < -0.3 is 10.2 Å². The third-order valence-electron chi connectivity index (χ3n) is 2.11. The molecule has 0 radical (unpaired) electrons. The van der Waals surface area contributed by atoms with E-state index in [0.29, 0.717) is 5.75 Å². The summed E-state index contributed by atoms with van der Waals surface area (Å²) >= 11 is 2.04. The summed E-state index contributed by atoms with van der Waals surface area (Å²) in [7, 11) is 0. The van der Waals surface area contributed by atoms with Crippen molar-refractivity contribution in [2.24, 2.45) is 0 Å². The van der Waals surface area contributed by atoms with Crippen molar-refractivity contribution in [1.29, 1.82) is 0 Å². The maximum Gasteiger partial charge on any atom is 0.132 e. The summed E-state index contributed by atoms with van der Waals surface area (Å²) < 4.78 is 0.737. The van der Waals surface area contributed by atoms with E-state index in [4.69, 9.17) is 0 Å². The molecule has 1 aromatic rings. The van der Waals surface area contributed by atoms with E-state index in [9.17, 15) is 10.2 Å². The minimum Gasteiger partial charge on any atom is -0.508 e. The van der Waals surface area contributed by atoms with Gasteiger partial charge in [-0.05, 0) is 41.5 Å². The van der Waals surface area contributed by atoms with Crippen LogP contribution in [0.1, 0.15) is 30.9 Å². The van der Waals surface area contributed by atoms with Crippen molar-refractivity contribution in [2.45, 2.75) is 26.7 Å². The molecule has 0 bridgehead atoms. The van der Waals surface area contributed by atoms with Crippen molar-refractivity contribution in [2.75, 3.05) is 0 Å². The van der Waals surface area contributed by atoms with Crippen LogP contribution in [-0.2, 0) is 0 Å². The Morgan fingerprint density at radius 3 is 2.31 bits per heavy atom. The van der Waals surface area contributed by atoms with Crippen LogP contribution >= 0.6 is 22.6 Å². The molecule has 0 heterocycles. The quantitative estimate of drug-likeness (QED) is 0.616. The molecule has 0 saturated heterocycles. The first kappa shape index (κ1) is 10.6. The van der Waals surface area contributed by atoms with E-state index in [-0.39, 0.29) is 11.7 Å². The maximum absolute atomic E-state index is 9.75. The van der Waals surface area contributed by atoms with Crippen molar-refractivity contribution in [3.05, 3.63) is 20.8 Å². The standard InChI is InChI=1S/C10H13IO2/c1-5(2)7-4-8(12)6(3)9(11)10(7)13/h4-5,12-13H,1-3H3. The van der Waals surface area contributed by atoms with Crippen LogP contribution in [-0.4, -0.2) is 10.2 Å². The summed E-state index contributed by atoms with van der Waals surface area (Å²) in [4.78, 5) is 0. The molecule has 0 saturated carbocycles. The number of hydrogen-bond donors (Lipinski definition) is 2. The Hall–Kier alpha value is -0.450. The predicted molar refractivity (Wildman–Crippen MR) is 61.3 cm³/mol. The molecule has 1 aromatic carbocycles. The van der Waals surface area contributed by atoms with Gasteiger partial charge in [-0.25, -0.2) is 0 Å². The summed E-state index contributed by atoms with van der Waals surface area (Å²) in [6.45, 7) is 5.76. The molecular weight excluding hydrogens is 279 g/mol. The number of aromatic hydroxyl groups is 2. The average Bonchev–Trinajstić information content (AvgIpc) is 2.07. The highest BCUT2D eigenvalue weighted by atomic mass is 127. The van der Waals surface area contributed by atoms with Gasteiger partial charge in [0.15, 0.2) is 0 Å². The minimum atomic E-state index is 0.222. The van der Waals surface area contributed by atoms with E-state index in [1.165, 1.54) is 0 Å². The third kappa shape index (κ3) is 1.90.